The molecule has 1 atom stereocenters. The number of hydrogen-bond acceptors (Lipinski definition) is 7. The molecule has 162 valence electrons. The Morgan fingerprint density at radius 1 is 1.26 bits per heavy atom. The van der Waals surface area contributed by atoms with Crippen molar-refractivity contribution >= 4 is 27.4 Å². The molecule has 5 heterocycles. The van der Waals surface area contributed by atoms with Gasteiger partial charge in [0.25, 0.3) is 0 Å². The molecule has 1 N–H and O–H groups in total. The zero-order valence-electron chi connectivity index (χ0n) is 18.3. The van der Waals surface area contributed by atoms with Crippen molar-refractivity contribution in [2.45, 2.75) is 33.2 Å². The highest BCUT2D eigenvalue weighted by atomic mass is 32.1. The van der Waals surface area contributed by atoms with Gasteiger partial charge >= 0.3 is 0 Å². The van der Waals surface area contributed by atoms with Gasteiger partial charge in [-0.25, -0.2) is 15.0 Å². The molecule has 0 amide bonds. The fourth-order valence-corrected chi connectivity index (χ4v) is 5.33. The molecule has 31 heavy (non-hydrogen) atoms. The molecule has 4 aromatic heterocycles. The monoisotopic (exact) mass is 437 g/mol. The smallest absolute Gasteiger partial charge is 0.199 e. The van der Waals surface area contributed by atoms with Gasteiger partial charge < -0.3 is 14.6 Å². The van der Waals surface area contributed by atoms with E-state index in [1.54, 1.807) is 17.5 Å². The van der Waals surface area contributed by atoms with Gasteiger partial charge in [0, 0.05) is 57.3 Å². The van der Waals surface area contributed by atoms with Crippen LogP contribution < -0.4 is 4.90 Å². The third kappa shape index (κ3) is 3.41. The SMILES string of the molecule is Cc1c(-c2ccn(C(C)C)n2)sc2nc(-c3nccn3C)nc(N3CCC(CO)C3)c12. The fraction of sp³-hybridized carbons (Fsp3) is 0.455. The van der Waals surface area contributed by atoms with Crippen LogP contribution in [0.1, 0.15) is 31.9 Å². The number of aromatic nitrogens is 6. The maximum atomic E-state index is 9.66. The maximum Gasteiger partial charge on any atom is 0.199 e. The number of hydrogen-bond donors (Lipinski definition) is 1. The van der Waals surface area contributed by atoms with E-state index in [4.69, 9.17) is 15.1 Å². The molecule has 1 saturated heterocycles. The number of aliphatic hydroxyl groups excluding tert-OH is 1. The summed E-state index contributed by atoms with van der Waals surface area (Å²) in [5, 5.41) is 15.5. The highest BCUT2D eigenvalue weighted by molar-refractivity contribution is 7.22. The first-order valence-electron chi connectivity index (χ1n) is 10.7. The third-order valence-corrected chi connectivity index (χ3v) is 7.21. The van der Waals surface area contributed by atoms with Crippen LogP contribution in [0.5, 0.6) is 0 Å². The van der Waals surface area contributed by atoms with Gasteiger partial charge in [-0.2, -0.15) is 5.10 Å². The number of thiophene rings is 1. The number of nitrogens with zero attached hydrogens (tertiary/aromatic N) is 7. The Labute approximate surface area is 185 Å². The molecule has 0 spiro atoms. The van der Waals surface area contributed by atoms with Crippen molar-refractivity contribution in [3.63, 3.8) is 0 Å². The second-order valence-corrected chi connectivity index (χ2v) is 9.53. The van der Waals surface area contributed by atoms with Gasteiger partial charge in [-0.15, -0.1) is 11.3 Å². The molecule has 1 aliphatic rings. The molecule has 5 rings (SSSR count). The van der Waals surface area contributed by atoms with E-state index in [-0.39, 0.29) is 12.5 Å². The van der Waals surface area contributed by atoms with Crippen molar-refractivity contribution in [2.24, 2.45) is 13.0 Å². The topological polar surface area (TPSA) is 84.9 Å². The molecular weight excluding hydrogens is 410 g/mol. The van der Waals surface area contributed by atoms with Crippen LogP contribution in [-0.4, -0.2) is 54.1 Å². The summed E-state index contributed by atoms with van der Waals surface area (Å²) in [6.45, 7) is 8.27. The van der Waals surface area contributed by atoms with Gasteiger partial charge in [0.05, 0.1) is 10.3 Å². The van der Waals surface area contributed by atoms with Crippen molar-refractivity contribution < 1.29 is 5.11 Å². The highest BCUT2D eigenvalue weighted by Gasteiger charge is 2.28. The summed E-state index contributed by atoms with van der Waals surface area (Å²) in [7, 11) is 1.96. The first-order chi connectivity index (χ1) is 15.0. The van der Waals surface area contributed by atoms with Crippen LogP contribution in [0.25, 0.3) is 32.4 Å². The molecule has 8 nitrogen and oxygen atoms in total. The second kappa shape index (κ2) is 7.72. The molecule has 1 fully saturated rings. The minimum Gasteiger partial charge on any atom is -0.396 e. The lowest BCUT2D eigenvalue weighted by Gasteiger charge is -2.19. The van der Waals surface area contributed by atoms with Crippen LogP contribution in [0.3, 0.4) is 0 Å². The van der Waals surface area contributed by atoms with E-state index < -0.39 is 0 Å². The minimum absolute atomic E-state index is 0.206. The van der Waals surface area contributed by atoms with Crippen LogP contribution in [0.15, 0.2) is 24.7 Å². The predicted octanol–water partition coefficient (Wildman–Crippen LogP) is 3.66. The van der Waals surface area contributed by atoms with Gasteiger partial charge in [0.15, 0.2) is 11.6 Å². The van der Waals surface area contributed by atoms with E-state index >= 15 is 0 Å². The number of imidazole rings is 1. The van der Waals surface area contributed by atoms with E-state index in [9.17, 15) is 5.11 Å². The predicted molar refractivity (Wildman–Crippen MR) is 123 cm³/mol. The molecule has 0 bridgehead atoms. The standard InChI is InChI=1S/C22H27N7OS/c1-13(2)29-9-6-16(26-29)18-14(3)17-20(28-8-5-15(11-28)12-30)24-19(25-22(17)31-18)21-23-7-10-27(21)4/h6-7,9-10,13,15,30H,5,8,11-12H2,1-4H3. The summed E-state index contributed by atoms with van der Waals surface area (Å²) in [4.78, 5) is 18.7. The molecule has 4 aromatic rings. The van der Waals surface area contributed by atoms with Gasteiger partial charge in [-0.1, -0.05) is 0 Å². The quantitative estimate of drug-likeness (QED) is 0.513. The summed E-state index contributed by atoms with van der Waals surface area (Å²) in [5.74, 6) is 2.59. The second-order valence-electron chi connectivity index (χ2n) is 8.53. The molecule has 1 aliphatic heterocycles. The number of aryl methyl sites for hydroxylation is 2. The van der Waals surface area contributed by atoms with Crippen LogP contribution in [-0.2, 0) is 7.05 Å². The minimum atomic E-state index is 0.206. The van der Waals surface area contributed by atoms with Gasteiger partial charge in [0.1, 0.15) is 16.3 Å². The van der Waals surface area contributed by atoms with Gasteiger partial charge in [-0.3, -0.25) is 4.68 Å². The largest absolute Gasteiger partial charge is 0.396 e. The van der Waals surface area contributed by atoms with E-state index in [1.165, 1.54) is 0 Å². The van der Waals surface area contributed by atoms with Crippen molar-refractivity contribution in [2.75, 3.05) is 24.6 Å². The van der Waals surface area contributed by atoms with E-state index in [0.717, 1.165) is 57.5 Å². The Bertz CT molecular complexity index is 1240. The molecule has 0 radical (unpaired) electrons. The summed E-state index contributed by atoms with van der Waals surface area (Å²) in [6.07, 6.45) is 6.67. The molecule has 1 unspecified atom stereocenters. The molecule has 0 saturated carbocycles. The van der Waals surface area contributed by atoms with Crippen LogP contribution in [0, 0.1) is 12.8 Å². The Hall–Kier alpha value is -2.78. The van der Waals surface area contributed by atoms with Crippen LogP contribution >= 0.6 is 11.3 Å². The lowest BCUT2D eigenvalue weighted by molar-refractivity contribution is 0.238. The highest BCUT2D eigenvalue weighted by Crippen LogP contribution is 2.42. The molecule has 0 aromatic carbocycles. The number of fused-ring (bicyclic) bond motifs is 1. The van der Waals surface area contributed by atoms with Crippen molar-refractivity contribution in [1.29, 1.82) is 0 Å². The third-order valence-electron chi connectivity index (χ3n) is 6.01. The Balaban J connectivity index is 1.70. The van der Waals surface area contributed by atoms with Gasteiger partial charge in [0.2, 0.25) is 0 Å². The Morgan fingerprint density at radius 2 is 2.10 bits per heavy atom. The lowest BCUT2D eigenvalue weighted by atomic mass is 10.1. The van der Waals surface area contributed by atoms with E-state index in [2.05, 4.69) is 36.7 Å². The number of anilines is 1. The van der Waals surface area contributed by atoms with Crippen LogP contribution in [0.2, 0.25) is 0 Å². The van der Waals surface area contributed by atoms with E-state index in [1.807, 2.05) is 28.7 Å². The maximum absolute atomic E-state index is 9.66. The summed E-state index contributed by atoms with van der Waals surface area (Å²) in [5.41, 5.74) is 2.12. The summed E-state index contributed by atoms with van der Waals surface area (Å²) in [6, 6.07) is 2.39. The average Bonchev–Trinajstić information content (AvgIpc) is 3.53. The summed E-state index contributed by atoms with van der Waals surface area (Å²) < 4.78 is 3.93. The van der Waals surface area contributed by atoms with Gasteiger partial charge in [-0.05, 0) is 38.8 Å². The molecule has 0 aliphatic carbocycles. The Kier molecular flexibility index (Phi) is 5.02. The zero-order valence-corrected chi connectivity index (χ0v) is 19.1. The number of rotatable bonds is 5. The average molecular weight is 438 g/mol. The van der Waals surface area contributed by atoms with Crippen molar-refractivity contribution in [3.05, 3.63) is 30.2 Å². The first kappa shape index (κ1) is 20.1. The van der Waals surface area contributed by atoms with E-state index in [0.29, 0.717) is 11.9 Å². The normalized spacial score (nSPS) is 16.8. The number of aliphatic hydroxyl groups is 1. The van der Waals surface area contributed by atoms with Crippen LogP contribution in [0.4, 0.5) is 5.82 Å². The molecular formula is C22H27N7OS. The molecule has 9 heteroatoms. The fourth-order valence-electron chi connectivity index (χ4n) is 4.19. The van der Waals surface area contributed by atoms with Crippen molar-refractivity contribution in [3.8, 4) is 22.2 Å². The van der Waals surface area contributed by atoms with Crippen molar-refractivity contribution in [1.82, 2.24) is 29.3 Å². The summed E-state index contributed by atoms with van der Waals surface area (Å²) >= 11 is 1.66. The Morgan fingerprint density at radius 3 is 2.74 bits per heavy atom. The zero-order chi connectivity index (χ0) is 21.7. The first-order valence-corrected chi connectivity index (χ1v) is 11.5. The lowest BCUT2D eigenvalue weighted by Crippen LogP contribution is -2.22.